The smallest absolute Gasteiger partial charge is 0.339 e. The van der Waals surface area contributed by atoms with Crippen LogP contribution in [0.15, 0.2) is 36.5 Å². The van der Waals surface area contributed by atoms with E-state index in [4.69, 9.17) is 4.74 Å². The van der Waals surface area contributed by atoms with E-state index in [0.29, 0.717) is 22.2 Å². The number of carbonyl (C=O) groups excluding carboxylic acids is 1. The largest absolute Gasteiger partial charge is 0.457 e. The quantitative estimate of drug-likeness (QED) is 0.356. The Morgan fingerprint density at radius 3 is 2.61 bits per heavy atom. The summed E-state index contributed by atoms with van der Waals surface area (Å²) in [5.41, 5.74) is 2.00. The number of benzene rings is 1. The zero-order valence-electron chi connectivity index (χ0n) is 16.2. The predicted molar refractivity (Wildman–Crippen MR) is 104 cm³/mol. The number of ether oxygens (including phenoxy) is 1. The Balaban J connectivity index is 1.96. The van der Waals surface area contributed by atoms with E-state index >= 15 is 0 Å². The molecule has 2 heterocycles. The van der Waals surface area contributed by atoms with Crippen LogP contribution in [0.3, 0.4) is 0 Å². The lowest BCUT2D eigenvalue weighted by atomic mass is 10.1. The van der Waals surface area contributed by atoms with Gasteiger partial charge < -0.3 is 4.74 Å². The van der Waals surface area contributed by atoms with Crippen LogP contribution in [-0.2, 0) is 11.3 Å². The van der Waals surface area contributed by atoms with Crippen LogP contribution in [0.4, 0.5) is 5.69 Å². The summed E-state index contributed by atoms with van der Waals surface area (Å²) in [6.45, 7) is 7.78. The van der Waals surface area contributed by atoms with Gasteiger partial charge in [-0.15, -0.1) is 0 Å². The molecule has 3 aromatic rings. The summed E-state index contributed by atoms with van der Waals surface area (Å²) < 4.78 is 7.17. The lowest BCUT2D eigenvalue weighted by Crippen LogP contribution is -2.10. The average Bonchev–Trinajstić information content (AvgIpc) is 3.09. The first-order valence-corrected chi connectivity index (χ1v) is 9.07. The zero-order valence-corrected chi connectivity index (χ0v) is 16.2. The number of rotatable bonds is 6. The molecule has 8 nitrogen and oxygen atoms in total. The van der Waals surface area contributed by atoms with Gasteiger partial charge in [-0.2, -0.15) is 5.10 Å². The average molecular weight is 382 g/mol. The van der Waals surface area contributed by atoms with Crippen LogP contribution >= 0.6 is 0 Å². The Bertz CT molecular complexity index is 1040. The highest BCUT2D eigenvalue weighted by Gasteiger charge is 2.21. The maximum atomic E-state index is 12.8. The number of carbonyl (C=O) groups is 1. The minimum absolute atomic E-state index is 0.0781. The van der Waals surface area contributed by atoms with E-state index in [0.717, 1.165) is 5.69 Å². The fourth-order valence-corrected chi connectivity index (χ4v) is 2.91. The monoisotopic (exact) mass is 382 g/mol. The normalized spacial score (nSPS) is 11.4. The Kier molecular flexibility index (Phi) is 5.39. The van der Waals surface area contributed by atoms with Gasteiger partial charge in [0.05, 0.1) is 27.6 Å². The number of hydrogen-bond donors (Lipinski definition) is 0. The van der Waals surface area contributed by atoms with Crippen molar-refractivity contribution >= 4 is 22.7 Å². The molecule has 0 aliphatic rings. The fourth-order valence-electron chi connectivity index (χ4n) is 2.91. The van der Waals surface area contributed by atoms with Gasteiger partial charge in [0.15, 0.2) is 5.65 Å². The molecule has 3 rings (SSSR count). The van der Waals surface area contributed by atoms with Crippen LogP contribution in [0.25, 0.3) is 11.0 Å². The first kappa shape index (κ1) is 19.5. The molecule has 0 atom stereocenters. The van der Waals surface area contributed by atoms with Crippen LogP contribution in [-0.4, -0.2) is 25.7 Å². The lowest BCUT2D eigenvalue weighted by Gasteiger charge is -2.12. The summed E-state index contributed by atoms with van der Waals surface area (Å²) in [5, 5.41) is 16.1. The van der Waals surface area contributed by atoms with Crippen molar-refractivity contribution in [3.63, 3.8) is 0 Å². The number of pyridine rings is 1. The van der Waals surface area contributed by atoms with Crippen molar-refractivity contribution in [1.29, 1.82) is 0 Å². The number of nitrogens with zero attached hydrogens (tertiary/aromatic N) is 4. The standard InChI is InChI=1S/C20H22N4O4/c1-12(2)17-9-15(16-10-21-23(13(3)4)19(16)22-17)20(25)28-11-14-7-5-6-8-18(14)24(26)27/h5-10,12-13H,11H2,1-4H3. The molecule has 0 unspecified atom stereocenters. The third kappa shape index (κ3) is 3.71. The van der Waals surface area contributed by atoms with Gasteiger partial charge in [0.2, 0.25) is 0 Å². The van der Waals surface area contributed by atoms with E-state index in [1.165, 1.54) is 6.07 Å². The molecule has 0 radical (unpaired) electrons. The molecule has 0 fully saturated rings. The summed E-state index contributed by atoms with van der Waals surface area (Å²) in [4.78, 5) is 28.1. The van der Waals surface area contributed by atoms with E-state index in [1.807, 2.05) is 27.7 Å². The van der Waals surface area contributed by atoms with Crippen molar-refractivity contribution in [2.45, 2.75) is 46.3 Å². The minimum Gasteiger partial charge on any atom is -0.457 e. The highest BCUT2D eigenvalue weighted by Crippen LogP contribution is 2.26. The molecule has 28 heavy (non-hydrogen) atoms. The highest BCUT2D eigenvalue weighted by atomic mass is 16.6. The number of para-hydroxylation sites is 1. The first-order chi connectivity index (χ1) is 13.3. The van der Waals surface area contributed by atoms with Crippen LogP contribution in [0.1, 0.15) is 61.3 Å². The van der Waals surface area contributed by atoms with Gasteiger partial charge in [-0.1, -0.05) is 26.0 Å². The second kappa shape index (κ2) is 7.75. The molecule has 0 amide bonds. The van der Waals surface area contributed by atoms with Crippen LogP contribution < -0.4 is 0 Å². The molecular weight excluding hydrogens is 360 g/mol. The Morgan fingerprint density at radius 1 is 1.25 bits per heavy atom. The number of fused-ring (bicyclic) bond motifs is 1. The van der Waals surface area contributed by atoms with Crippen LogP contribution in [0.2, 0.25) is 0 Å². The topological polar surface area (TPSA) is 100 Å². The van der Waals surface area contributed by atoms with E-state index < -0.39 is 10.9 Å². The lowest BCUT2D eigenvalue weighted by molar-refractivity contribution is -0.385. The molecule has 0 saturated carbocycles. The molecule has 0 aliphatic heterocycles. The van der Waals surface area contributed by atoms with Gasteiger partial charge in [-0.05, 0) is 31.9 Å². The zero-order chi connectivity index (χ0) is 20.4. The van der Waals surface area contributed by atoms with E-state index in [2.05, 4.69) is 10.1 Å². The van der Waals surface area contributed by atoms with Gasteiger partial charge in [-0.25, -0.2) is 14.5 Å². The fraction of sp³-hybridized carbons (Fsp3) is 0.350. The maximum Gasteiger partial charge on any atom is 0.339 e. The van der Waals surface area contributed by atoms with Gasteiger partial charge in [-0.3, -0.25) is 10.1 Å². The number of nitro groups is 1. The summed E-state index contributed by atoms with van der Waals surface area (Å²) in [5.74, 6) is -0.447. The molecule has 1 aromatic carbocycles. The van der Waals surface area contributed by atoms with Crippen molar-refractivity contribution in [2.24, 2.45) is 0 Å². The van der Waals surface area contributed by atoms with Crippen molar-refractivity contribution < 1.29 is 14.5 Å². The van der Waals surface area contributed by atoms with Crippen LogP contribution in [0, 0.1) is 10.1 Å². The van der Waals surface area contributed by atoms with Crippen molar-refractivity contribution in [2.75, 3.05) is 0 Å². The van der Waals surface area contributed by atoms with E-state index in [-0.39, 0.29) is 24.3 Å². The number of hydrogen-bond acceptors (Lipinski definition) is 6. The molecular formula is C20H22N4O4. The summed E-state index contributed by atoms with van der Waals surface area (Å²) in [6.07, 6.45) is 1.61. The molecule has 0 spiro atoms. The summed E-state index contributed by atoms with van der Waals surface area (Å²) >= 11 is 0. The van der Waals surface area contributed by atoms with Gasteiger partial charge in [0, 0.05) is 17.8 Å². The molecule has 2 aromatic heterocycles. The van der Waals surface area contributed by atoms with Crippen molar-refractivity contribution in [3.05, 3.63) is 63.5 Å². The van der Waals surface area contributed by atoms with Crippen molar-refractivity contribution in [3.8, 4) is 0 Å². The first-order valence-electron chi connectivity index (χ1n) is 9.07. The molecule has 0 saturated heterocycles. The summed E-state index contributed by atoms with van der Waals surface area (Å²) in [6, 6.07) is 8.00. The molecule has 0 bridgehead atoms. The van der Waals surface area contributed by atoms with E-state index in [9.17, 15) is 14.9 Å². The predicted octanol–water partition coefficient (Wildman–Crippen LogP) is 4.40. The second-order valence-electron chi connectivity index (χ2n) is 7.13. The number of nitro benzene ring substituents is 1. The molecule has 8 heteroatoms. The highest BCUT2D eigenvalue weighted by molar-refractivity contribution is 6.02. The molecule has 146 valence electrons. The van der Waals surface area contributed by atoms with Crippen molar-refractivity contribution in [1.82, 2.24) is 14.8 Å². The Morgan fingerprint density at radius 2 is 1.96 bits per heavy atom. The number of esters is 1. The molecule has 0 N–H and O–H groups in total. The third-order valence-electron chi connectivity index (χ3n) is 4.43. The summed E-state index contributed by atoms with van der Waals surface area (Å²) in [7, 11) is 0. The Labute approximate surface area is 162 Å². The molecule has 0 aliphatic carbocycles. The Hall–Kier alpha value is -3.29. The van der Waals surface area contributed by atoms with Gasteiger partial charge in [0.1, 0.15) is 6.61 Å². The van der Waals surface area contributed by atoms with Gasteiger partial charge >= 0.3 is 5.97 Å². The van der Waals surface area contributed by atoms with Gasteiger partial charge in [0.25, 0.3) is 5.69 Å². The second-order valence-corrected chi connectivity index (χ2v) is 7.13. The maximum absolute atomic E-state index is 12.8. The number of aromatic nitrogens is 3. The van der Waals surface area contributed by atoms with Crippen LogP contribution in [0.5, 0.6) is 0 Å². The SMILES string of the molecule is CC(C)c1cc(C(=O)OCc2ccccc2[N+](=O)[O-])c2cnn(C(C)C)c2n1. The third-order valence-corrected chi connectivity index (χ3v) is 4.43. The van der Waals surface area contributed by atoms with E-state index in [1.54, 1.807) is 35.1 Å². The minimum atomic E-state index is -0.559.